The van der Waals surface area contributed by atoms with Crippen LogP contribution in [0.5, 0.6) is 0 Å². The average molecular weight is 184 g/mol. The standard InChI is InChI=1S/C10H20OSi/c1-3-7-10(12-4-2)8-5-6-9-11-10/h4H,2-3,5-9,12H2,1H3. The molecule has 0 bridgehead atoms. The van der Waals surface area contributed by atoms with E-state index in [9.17, 15) is 0 Å². The van der Waals surface area contributed by atoms with Crippen molar-refractivity contribution >= 4 is 9.52 Å². The summed E-state index contributed by atoms with van der Waals surface area (Å²) in [7, 11) is -0.200. The molecule has 0 aromatic carbocycles. The molecular weight excluding hydrogens is 164 g/mol. The molecular formula is C10H20OSi. The number of hydrogen-bond donors (Lipinski definition) is 0. The molecule has 0 spiro atoms. The molecule has 1 unspecified atom stereocenters. The summed E-state index contributed by atoms with van der Waals surface area (Å²) in [4.78, 5) is 0. The Kier molecular flexibility index (Phi) is 4.02. The number of ether oxygens (including phenoxy) is 1. The highest BCUT2D eigenvalue weighted by Crippen LogP contribution is 2.28. The van der Waals surface area contributed by atoms with Crippen molar-refractivity contribution in [2.45, 2.75) is 44.3 Å². The first-order valence-corrected chi connectivity index (χ1v) is 6.60. The van der Waals surface area contributed by atoms with Gasteiger partial charge in [-0.15, -0.1) is 12.3 Å². The van der Waals surface area contributed by atoms with Gasteiger partial charge in [0.25, 0.3) is 0 Å². The Balaban J connectivity index is 2.49. The minimum absolute atomic E-state index is 0.200. The lowest BCUT2D eigenvalue weighted by Gasteiger charge is -2.36. The molecule has 70 valence electrons. The molecule has 1 rings (SSSR count). The first kappa shape index (κ1) is 10.0. The molecule has 0 amide bonds. The molecule has 1 aliphatic rings. The Morgan fingerprint density at radius 3 is 2.92 bits per heavy atom. The monoisotopic (exact) mass is 184 g/mol. The molecule has 12 heavy (non-hydrogen) atoms. The molecule has 1 aliphatic heterocycles. The predicted octanol–water partition coefficient (Wildman–Crippen LogP) is 2.00. The maximum atomic E-state index is 5.94. The molecule has 1 saturated heterocycles. The number of rotatable bonds is 4. The Hall–Kier alpha value is -0.0831. The van der Waals surface area contributed by atoms with Crippen LogP contribution in [0.25, 0.3) is 0 Å². The fraction of sp³-hybridized carbons (Fsp3) is 0.800. The largest absolute Gasteiger partial charge is 0.379 e. The second-order valence-electron chi connectivity index (χ2n) is 3.73. The van der Waals surface area contributed by atoms with Gasteiger partial charge in [0, 0.05) is 6.61 Å². The van der Waals surface area contributed by atoms with Crippen molar-refractivity contribution in [1.82, 2.24) is 0 Å². The zero-order chi connectivity index (χ0) is 8.86. The summed E-state index contributed by atoms with van der Waals surface area (Å²) in [6, 6.07) is 0. The van der Waals surface area contributed by atoms with E-state index in [0.29, 0.717) is 5.22 Å². The normalized spacial score (nSPS) is 31.1. The van der Waals surface area contributed by atoms with Crippen LogP contribution in [0, 0.1) is 0 Å². The second-order valence-corrected chi connectivity index (χ2v) is 6.01. The molecule has 1 atom stereocenters. The first-order valence-electron chi connectivity index (χ1n) is 5.08. The zero-order valence-electron chi connectivity index (χ0n) is 8.14. The fourth-order valence-electron chi connectivity index (χ4n) is 2.09. The molecule has 2 heteroatoms. The van der Waals surface area contributed by atoms with E-state index in [4.69, 9.17) is 4.74 Å². The van der Waals surface area contributed by atoms with Gasteiger partial charge in [-0.2, -0.15) is 0 Å². The smallest absolute Gasteiger partial charge is 0.0826 e. The Bertz CT molecular complexity index is 133. The highest BCUT2D eigenvalue weighted by atomic mass is 28.2. The Morgan fingerprint density at radius 2 is 2.42 bits per heavy atom. The van der Waals surface area contributed by atoms with Crippen molar-refractivity contribution < 1.29 is 4.74 Å². The Labute approximate surface area is 78.0 Å². The minimum atomic E-state index is -0.200. The minimum Gasteiger partial charge on any atom is -0.379 e. The lowest BCUT2D eigenvalue weighted by Crippen LogP contribution is -2.41. The van der Waals surface area contributed by atoms with Crippen molar-refractivity contribution in [3.63, 3.8) is 0 Å². The topological polar surface area (TPSA) is 9.23 Å². The maximum Gasteiger partial charge on any atom is 0.0826 e. The van der Waals surface area contributed by atoms with Crippen LogP contribution in [0.15, 0.2) is 12.3 Å². The quantitative estimate of drug-likeness (QED) is 0.607. The van der Waals surface area contributed by atoms with Crippen LogP contribution in [0.2, 0.25) is 0 Å². The van der Waals surface area contributed by atoms with Crippen LogP contribution in [0.1, 0.15) is 39.0 Å². The summed E-state index contributed by atoms with van der Waals surface area (Å²) >= 11 is 0. The summed E-state index contributed by atoms with van der Waals surface area (Å²) in [5.74, 6) is 0. The molecule has 0 saturated carbocycles. The molecule has 0 aliphatic carbocycles. The van der Waals surface area contributed by atoms with Gasteiger partial charge in [-0.3, -0.25) is 0 Å². The van der Waals surface area contributed by atoms with Gasteiger partial charge >= 0.3 is 0 Å². The third-order valence-electron chi connectivity index (χ3n) is 2.66. The predicted molar refractivity (Wildman–Crippen MR) is 56.2 cm³/mol. The maximum absolute atomic E-state index is 5.94. The van der Waals surface area contributed by atoms with Crippen molar-refractivity contribution in [3.8, 4) is 0 Å². The molecule has 0 N–H and O–H groups in total. The number of hydrogen-bond acceptors (Lipinski definition) is 1. The summed E-state index contributed by atoms with van der Waals surface area (Å²) in [6.45, 7) is 7.10. The second kappa shape index (κ2) is 4.82. The highest BCUT2D eigenvalue weighted by Gasteiger charge is 2.30. The van der Waals surface area contributed by atoms with E-state index in [-0.39, 0.29) is 9.52 Å². The van der Waals surface area contributed by atoms with Crippen LogP contribution >= 0.6 is 0 Å². The fourth-order valence-corrected chi connectivity index (χ4v) is 3.89. The van der Waals surface area contributed by atoms with Crippen LogP contribution < -0.4 is 0 Å². The van der Waals surface area contributed by atoms with E-state index in [1.807, 2.05) is 0 Å². The molecule has 1 fully saturated rings. The van der Waals surface area contributed by atoms with E-state index in [2.05, 4.69) is 19.2 Å². The first-order chi connectivity index (χ1) is 5.83. The molecule has 1 heterocycles. The van der Waals surface area contributed by atoms with E-state index < -0.39 is 0 Å². The third kappa shape index (κ3) is 2.46. The van der Waals surface area contributed by atoms with Gasteiger partial charge in [0.1, 0.15) is 0 Å². The molecule has 0 aromatic rings. The molecule has 1 nitrogen and oxygen atoms in total. The van der Waals surface area contributed by atoms with Gasteiger partial charge in [-0.1, -0.05) is 13.3 Å². The Morgan fingerprint density at radius 1 is 1.58 bits per heavy atom. The van der Waals surface area contributed by atoms with Crippen molar-refractivity contribution in [1.29, 1.82) is 0 Å². The average Bonchev–Trinajstić information content (AvgIpc) is 2.07. The van der Waals surface area contributed by atoms with E-state index in [1.165, 1.54) is 32.1 Å². The van der Waals surface area contributed by atoms with Gasteiger partial charge in [-0.05, 0) is 25.7 Å². The van der Waals surface area contributed by atoms with E-state index in [0.717, 1.165) is 6.61 Å². The summed E-state index contributed by atoms with van der Waals surface area (Å²) in [5.41, 5.74) is 2.14. The van der Waals surface area contributed by atoms with Gasteiger partial charge in [0.15, 0.2) is 0 Å². The van der Waals surface area contributed by atoms with Crippen LogP contribution in [-0.4, -0.2) is 21.4 Å². The van der Waals surface area contributed by atoms with Crippen molar-refractivity contribution in [3.05, 3.63) is 12.3 Å². The van der Waals surface area contributed by atoms with Gasteiger partial charge in [0.2, 0.25) is 0 Å². The lowest BCUT2D eigenvalue weighted by molar-refractivity contribution is -0.0248. The third-order valence-corrected chi connectivity index (χ3v) is 4.60. The molecule has 0 radical (unpaired) electrons. The summed E-state index contributed by atoms with van der Waals surface area (Å²) in [5, 5.41) is 0.300. The van der Waals surface area contributed by atoms with Crippen LogP contribution in [-0.2, 0) is 4.74 Å². The highest BCUT2D eigenvalue weighted by molar-refractivity contribution is 6.45. The lowest BCUT2D eigenvalue weighted by atomic mass is 10.0. The van der Waals surface area contributed by atoms with Crippen LogP contribution in [0.4, 0.5) is 0 Å². The van der Waals surface area contributed by atoms with Gasteiger partial charge in [-0.25, -0.2) is 0 Å². The summed E-state index contributed by atoms with van der Waals surface area (Å²) < 4.78 is 5.94. The SMILES string of the molecule is C=C[SiH2]C1(CCC)CCCCO1. The van der Waals surface area contributed by atoms with Crippen LogP contribution in [0.3, 0.4) is 0 Å². The van der Waals surface area contributed by atoms with E-state index in [1.54, 1.807) is 0 Å². The summed E-state index contributed by atoms with van der Waals surface area (Å²) in [6.07, 6.45) is 6.42. The van der Waals surface area contributed by atoms with E-state index >= 15 is 0 Å². The van der Waals surface area contributed by atoms with Gasteiger partial charge < -0.3 is 4.74 Å². The zero-order valence-corrected chi connectivity index (χ0v) is 9.56. The van der Waals surface area contributed by atoms with Crippen molar-refractivity contribution in [2.75, 3.05) is 6.61 Å². The van der Waals surface area contributed by atoms with Crippen molar-refractivity contribution in [2.24, 2.45) is 0 Å². The van der Waals surface area contributed by atoms with Gasteiger partial charge in [0.05, 0.1) is 14.7 Å². The molecule has 0 aromatic heterocycles.